The third-order valence-corrected chi connectivity index (χ3v) is 5.01. The van der Waals surface area contributed by atoms with Crippen molar-refractivity contribution in [1.82, 2.24) is 15.1 Å². The van der Waals surface area contributed by atoms with Crippen molar-refractivity contribution in [3.05, 3.63) is 78.8 Å². The molecule has 2 aromatic heterocycles. The van der Waals surface area contributed by atoms with Gasteiger partial charge in [0.05, 0.1) is 17.3 Å². The number of amides is 1. The highest BCUT2D eigenvalue weighted by Crippen LogP contribution is 2.26. The number of nitrogens with zero attached hydrogens (tertiary/aromatic N) is 3. The monoisotopic (exact) mass is 438 g/mol. The Labute approximate surface area is 159 Å². The van der Waals surface area contributed by atoms with Gasteiger partial charge in [-0.05, 0) is 50.0 Å². The Morgan fingerprint density at radius 2 is 2.12 bits per heavy atom. The number of halogens is 2. The summed E-state index contributed by atoms with van der Waals surface area (Å²) in [7, 11) is 0. The van der Waals surface area contributed by atoms with Crippen molar-refractivity contribution >= 4 is 39.0 Å². The molecule has 0 fully saturated rings. The second-order valence-corrected chi connectivity index (χ2v) is 7.16. The molecule has 1 unspecified atom stereocenters. The first kappa shape index (κ1) is 18.2. The van der Waals surface area contributed by atoms with Gasteiger partial charge < -0.3 is 15.4 Å². The largest absolute Gasteiger partial charge is 0.404 e. The van der Waals surface area contributed by atoms with Crippen molar-refractivity contribution in [3.63, 3.8) is 0 Å². The van der Waals surface area contributed by atoms with Crippen LogP contribution < -0.4 is 5.32 Å². The molecule has 1 atom stereocenters. The minimum Gasteiger partial charge on any atom is -0.358 e. The summed E-state index contributed by atoms with van der Waals surface area (Å²) >= 11 is 4.50. The molecule has 0 aliphatic rings. The molecule has 0 saturated heterocycles. The molecule has 0 bridgehead atoms. The third kappa shape index (κ3) is 4.14. The molecule has 7 nitrogen and oxygen atoms in total. The highest BCUT2D eigenvalue weighted by Gasteiger charge is 2.22. The summed E-state index contributed by atoms with van der Waals surface area (Å²) in [6.45, 7) is -0.185. The molecule has 0 radical (unpaired) electrons. The second-order valence-electron chi connectivity index (χ2n) is 5.32. The number of thiophene rings is 1. The van der Waals surface area contributed by atoms with Crippen LogP contribution in [0.2, 0.25) is 0 Å². The molecule has 10 heteroatoms. The number of hydrogen-bond acceptors (Lipinski definition) is 5. The van der Waals surface area contributed by atoms with E-state index in [1.54, 1.807) is 12.1 Å². The van der Waals surface area contributed by atoms with E-state index in [0.29, 0.717) is 0 Å². The fraction of sp³-hybridized carbons (Fsp3) is 0.125. The maximum Gasteiger partial charge on any atom is 0.404 e. The van der Waals surface area contributed by atoms with Crippen molar-refractivity contribution in [2.24, 2.45) is 0 Å². The van der Waals surface area contributed by atoms with E-state index in [2.05, 4.69) is 26.3 Å². The lowest BCUT2D eigenvalue weighted by Crippen LogP contribution is -2.32. The summed E-state index contributed by atoms with van der Waals surface area (Å²) in [5, 5.41) is 19.3. The van der Waals surface area contributed by atoms with Gasteiger partial charge in [-0.1, -0.05) is 18.2 Å². The number of nitro groups is 1. The van der Waals surface area contributed by atoms with Crippen LogP contribution >= 0.6 is 27.3 Å². The van der Waals surface area contributed by atoms with Gasteiger partial charge in [0.1, 0.15) is 16.8 Å². The van der Waals surface area contributed by atoms with Gasteiger partial charge in [-0.15, -0.1) is 11.3 Å². The first-order chi connectivity index (χ1) is 12.4. The van der Waals surface area contributed by atoms with Crippen LogP contribution in [0.25, 0.3) is 0 Å². The van der Waals surface area contributed by atoms with Crippen molar-refractivity contribution < 1.29 is 14.1 Å². The van der Waals surface area contributed by atoms with E-state index in [1.165, 1.54) is 34.3 Å². The van der Waals surface area contributed by atoms with Gasteiger partial charge in [-0.2, -0.15) is 4.68 Å². The zero-order chi connectivity index (χ0) is 18.7. The van der Waals surface area contributed by atoms with Crippen molar-refractivity contribution in [3.8, 4) is 0 Å². The smallest absolute Gasteiger partial charge is 0.358 e. The standard InChI is InChI=1S/C16H12BrFN4O3S/c17-12-8-21(20-16(12)22(24)25)9-14(23)19-15(13-2-1-7-26-13)10-3-5-11(18)6-4-10/h1-8,15H,9H2,(H,19,23). The Hall–Kier alpha value is -2.59. The highest BCUT2D eigenvalue weighted by atomic mass is 79.9. The van der Waals surface area contributed by atoms with Crippen LogP contribution in [0.5, 0.6) is 0 Å². The number of aromatic nitrogens is 2. The van der Waals surface area contributed by atoms with Crippen molar-refractivity contribution in [1.29, 1.82) is 0 Å². The fourth-order valence-electron chi connectivity index (χ4n) is 2.37. The Morgan fingerprint density at radius 3 is 2.69 bits per heavy atom. The summed E-state index contributed by atoms with van der Waals surface area (Å²) in [4.78, 5) is 23.5. The number of benzene rings is 1. The van der Waals surface area contributed by atoms with Gasteiger partial charge in [-0.25, -0.2) is 4.39 Å². The highest BCUT2D eigenvalue weighted by molar-refractivity contribution is 9.10. The van der Waals surface area contributed by atoms with Gasteiger partial charge in [0, 0.05) is 4.88 Å². The quantitative estimate of drug-likeness (QED) is 0.469. The lowest BCUT2D eigenvalue weighted by molar-refractivity contribution is -0.390. The third-order valence-electron chi connectivity index (χ3n) is 3.51. The molecule has 1 aromatic carbocycles. The van der Waals surface area contributed by atoms with Crippen molar-refractivity contribution in [2.45, 2.75) is 12.6 Å². The number of carbonyl (C=O) groups excluding carboxylic acids is 1. The van der Waals surface area contributed by atoms with Crippen molar-refractivity contribution in [2.75, 3.05) is 0 Å². The Balaban J connectivity index is 1.78. The van der Waals surface area contributed by atoms with Gasteiger partial charge in [0.2, 0.25) is 5.91 Å². The molecule has 134 valence electrons. The van der Waals surface area contributed by atoms with Crippen LogP contribution in [0, 0.1) is 15.9 Å². The molecule has 0 spiro atoms. The van der Waals surface area contributed by atoms with Crippen LogP contribution in [-0.4, -0.2) is 20.6 Å². The molecule has 0 aliphatic carbocycles. The van der Waals surface area contributed by atoms with Crippen LogP contribution in [0.4, 0.5) is 10.2 Å². The zero-order valence-electron chi connectivity index (χ0n) is 13.1. The SMILES string of the molecule is O=C(Cn1cc(Br)c([N+](=O)[O-])n1)NC(c1ccc(F)cc1)c1cccs1. The normalized spacial score (nSPS) is 11.9. The number of hydrogen-bond donors (Lipinski definition) is 1. The second kappa shape index (κ2) is 7.75. The Bertz CT molecular complexity index is 928. The van der Waals surface area contributed by atoms with Crippen LogP contribution in [0.3, 0.4) is 0 Å². The molecule has 2 heterocycles. The molecule has 26 heavy (non-hydrogen) atoms. The maximum absolute atomic E-state index is 13.2. The van der Waals surface area contributed by atoms with Crippen LogP contribution in [-0.2, 0) is 11.3 Å². The first-order valence-corrected chi connectivity index (χ1v) is 9.07. The van der Waals surface area contributed by atoms with Crippen LogP contribution in [0.15, 0.2) is 52.4 Å². The summed E-state index contributed by atoms with van der Waals surface area (Å²) in [5.74, 6) is -1.09. The van der Waals surface area contributed by atoms with Gasteiger partial charge >= 0.3 is 5.82 Å². The molecular formula is C16H12BrFN4O3S. The molecular weight excluding hydrogens is 427 g/mol. The molecule has 3 aromatic rings. The number of carbonyl (C=O) groups is 1. The number of nitrogens with one attached hydrogen (secondary N) is 1. The van der Waals surface area contributed by atoms with Gasteiger partial charge in [0.15, 0.2) is 0 Å². The van der Waals surface area contributed by atoms with E-state index < -0.39 is 11.0 Å². The summed E-state index contributed by atoms with van der Waals surface area (Å²) in [5.41, 5.74) is 0.731. The minimum absolute atomic E-state index is 0.185. The fourth-order valence-corrected chi connectivity index (χ4v) is 3.64. The van der Waals surface area contributed by atoms with Gasteiger partial charge in [-0.3, -0.25) is 4.79 Å². The molecule has 1 N–H and O–H groups in total. The molecule has 0 aliphatic heterocycles. The summed E-state index contributed by atoms with van der Waals surface area (Å²) in [6, 6.07) is 9.15. The summed E-state index contributed by atoms with van der Waals surface area (Å²) < 4.78 is 14.6. The zero-order valence-corrected chi connectivity index (χ0v) is 15.5. The average molecular weight is 439 g/mol. The topological polar surface area (TPSA) is 90.1 Å². The molecule has 3 rings (SSSR count). The van der Waals surface area contributed by atoms with Gasteiger partial charge in [0.25, 0.3) is 0 Å². The maximum atomic E-state index is 13.2. The predicted octanol–water partition coefficient (Wildman–Crippen LogP) is 3.66. The summed E-state index contributed by atoms with van der Waals surface area (Å²) in [6.07, 6.45) is 1.37. The minimum atomic E-state index is -0.633. The molecule has 0 saturated carbocycles. The Morgan fingerprint density at radius 1 is 1.38 bits per heavy atom. The number of rotatable bonds is 6. The van der Waals surface area contributed by atoms with E-state index in [0.717, 1.165) is 10.4 Å². The van der Waals surface area contributed by atoms with E-state index >= 15 is 0 Å². The lowest BCUT2D eigenvalue weighted by Gasteiger charge is -2.17. The lowest BCUT2D eigenvalue weighted by atomic mass is 10.1. The van der Waals surface area contributed by atoms with E-state index in [9.17, 15) is 19.3 Å². The van der Waals surface area contributed by atoms with Crippen LogP contribution in [0.1, 0.15) is 16.5 Å². The van der Waals surface area contributed by atoms with E-state index in [-0.39, 0.29) is 28.6 Å². The molecule has 1 amide bonds. The predicted molar refractivity (Wildman–Crippen MR) is 97.3 cm³/mol. The van der Waals surface area contributed by atoms with E-state index in [1.807, 2.05) is 17.5 Å². The average Bonchev–Trinajstić information content (AvgIpc) is 3.23. The van der Waals surface area contributed by atoms with E-state index in [4.69, 9.17) is 0 Å². The Kier molecular flexibility index (Phi) is 5.43. The first-order valence-electron chi connectivity index (χ1n) is 7.39.